The summed E-state index contributed by atoms with van der Waals surface area (Å²) in [7, 11) is 0. The highest BCUT2D eigenvalue weighted by atomic mass is 16.6. The summed E-state index contributed by atoms with van der Waals surface area (Å²) in [5, 5.41) is 0. The van der Waals surface area contributed by atoms with Gasteiger partial charge in [0, 0.05) is 11.8 Å². The van der Waals surface area contributed by atoms with Gasteiger partial charge in [0.25, 0.3) is 0 Å². The monoisotopic (exact) mass is 208 g/mol. The Kier molecular flexibility index (Phi) is 1.56. The first kappa shape index (κ1) is 9.68. The second-order valence-corrected chi connectivity index (χ2v) is 6.89. The van der Waals surface area contributed by atoms with Crippen molar-refractivity contribution in [2.45, 2.75) is 46.1 Å². The summed E-state index contributed by atoms with van der Waals surface area (Å²) >= 11 is 0. The molecule has 2 bridgehead atoms. The molecule has 0 N–H and O–H groups in total. The van der Waals surface area contributed by atoms with Crippen LogP contribution in [-0.4, -0.2) is 11.6 Å². The molecule has 0 aromatic rings. The molecule has 1 heterocycles. The Balaban J connectivity index is 2.05. The molecule has 2 heteroatoms. The summed E-state index contributed by atoms with van der Waals surface area (Å²) in [5.41, 5.74) is 0.104. The minimum absolute atomic E-state index is 0.0803. The number of carbonyl (C=O) groups excluding carboxylic acids is 1. The van der Waals surface area contributed by atoms with E-state index in [4.69, 9.17) is 4.74 Å². The van der Waals surface area contributed by atoms with Crippen molar-refractivity contribution in [1.82, 2.24) is 0 Å². The average Bonchev–Trinajstić information content (AvgIpc) is 2.58. The zero-order chi connectivity index (χ0) is 11.0. The Bertz CT molecular complexity index is 328. The predicted molar refractivity (Wildman–Crippen MR) is 57.1 cm³/mol. The van der Waals surface area contributed by atoms with Gasteiger partial charge in [0.1, 0.15) is 5.60 Å². The van der Waals surface area contributed by atoms with Crippen molar-refractivity contribution >= 4 is 5.97 Å². The highest BCUT2D eigenvalue weighted by Crippen LogP contribution is 2.66. The minimum atomic E-state index is -0.150. The molecule has 0 aromatic heterocycles. The molecule has 2 nitrogen and oxygen atoms in total. The van der Waals surface area contributed by atoms with E-state index in [-0.39, 0.29) is 22.9 Å². The van der Waals surface area contributed by atoms with Crippen LogP contribution < -0.4 is 0 Å². The van der Waals surface area contributed by atoms with Crippen LogP contribution in [0.2, 0.25) is 0 Å². The van der Waals surface area contributed by atoms with Gasteiger partial charge in [0.05, 0.1) is 5.92 Å². The molecule has 2 saturated carbocycles. The van der Waals surface area contributed by atoms with E-state index in [2.05, 4.69) is 27.7 Å². The minimum Gasteiger partial charge on any atom is -0.458 e. The van der Waals surface area contributed by atoms with Gasteiger partial charge >= 0.3 is 5.97 Å². The van der Waals surface area contributed by atoms with Crippen LogP contribution in [0.4, 0.5) is 0 Å². The van der Waals surface area contributed by atoms with Gasteiger partial charge in [-0.15, -0.1) is 0 Å². The third-order valence-electron chi connectivity index (χ3n) is 4.98. The van der Waals surface area contributed by atoms with Crippen molar-refractivity contribution in [3.63, 3.8) is 0 Å². The molecule has 3 rings (SSSR count). The lowest BCUT2D eigenvalue weighted by molar-refractivity contribution is -0.154. The van der Waals surface area contributed by atoms with Crippen molar-refractivity contribution in [2.24, 2.45) is 29.1 Å². The summed E-state index contributed by atoms with van der Waals surface area (Å²) in [6, 6.07) is 0. The molecule has 5 atom stereocenters. The standard InChI is InChI=1S/C13H20O2/c1-12(2,3)10-7-5-8-9(6-7)13(10,4)15-11(8)14/h7-10H,5-6H2,1-4H3. The molecule has 0 amide bonds. The lowest BCUT2D eigenvalue weighted by atomic mass is 9.63. The van der Waals surface area contributed by atoms with E-state index in [1.807, 2.05) is 0 Å². The molecular formula is C13H20O2. The van der Waals surface area contributed by atoms with E-state index in [0.29, 0.717) is 11.8 Å². The van der Waals surface area contributed by atoms with Crippen LogP contribution in [0.25, 0.3) is 0 Å². The molecule has 15 heavy (non-hydrogen) atoms. The van der Waals surface area contributed by atoms with Gasteiger partial charge < -0.3 is 4.74 Å². The lowest BCUT2D eigenvalue weighted by Gasteiger charge is -2.43. The van der Waals surface area contributed by atoms with Crippen molar-refractivity contribution in [3.05, 3.63) is 0 Å². The van der Waals surface area contributed by atoms with Crippen molar-refractivity contribution in [2.75, 3.05) is 0 Å². The Morgan fingerprint density at radius 3 is 2.60 bits per heavy atom. The van der Waals surface area contributed by atoms with Crippen molar-refractivity contribution in [1.29, 1.82) is 0 Å². The van der Waals surface area contributed by atoms with Gasteiger partial charge in [-0.2, -0.15) is 0 Å². The molecule has 0 aromatic carbocycles. The summed E-state index contributed by atoms with van der Waals surface area (Å²) in [6.45, 7) is 9.02. The number of fused-ring (bicyclic) bond motifs is 1. The van der Waals surface area contributed by atoms with Crippen LogP contribution in [-0.2, 0) is 9.53 Å². The van der Waals surface area contributed by atoms with E-state index in [1.54, 1.807) is 0 Å². The van der Waals surface area contributed by atoms with Crippen LogP contribution in [0.1, 0.15) is 40.5 Å². The molecule has 1 saturated heterocycles. The topological polar surface area (TPSA) is 26.3 Å². The van der Waals surface area contributed by atoms with E-state index >= 15 is 0 Å². The van der Waals surface area contributed by atoms with Crippen LogP contribution >= 0.6 is 0 Å². The number of ether oxygens (including phenoxy) is 1. The van der Waals surface area contributed by atoms with E-state index in [1.165, 1.54) is 6.42 Å². The first-order valence-corrected chi connectivity index (χ1v) is 6.07. The lowest BCUT2D eigenvalue weighted by Crippen LogP contribution is -2.45. The molecule has 1 aliphatic heterocycles. The molecule has 3 fully saturated rings. The number of rotatable bonds is 0. The zero-order valence-corrected chi connectivity index (χ0v) is 10.0. The largest absolute Gasteiger partial charge is 0.458 e. The zero-order valence-electron chi connectivity index (χ0n) is 10.0. The maximum Gasteiger partial charge on any atom is 0.309 e. The van der Waals surface area contributed by atoms with Gasteiger partial charge in [-0.05, 0) is 31.1 Å². The van der Waals surface area contributed by atoms with Gasteiger partial charge in [0.15, 0.2) is 0 Å². The first-order chi connectivity index (χ1) is 6.84. The second-order valence-electron chi connectivity index (χ2n) is 6.89. The van der Waals surface area contributed by atoms with Crippen LogP contribution in [0.3, 0.4) is 0 Å². The van der Waals surface area contributed by atoms with Gasteiger partial charge in [-0.3, -0.25) is 4.79 Å². The number of hydrogen-bond acceptors (Lipinski definition) is 2. The van der Waals surface area contributed by atoms with Crippen molar-refractivity contribution < 1.29 is 9.53 Å². The average molecular weight is 208 g/mol. The molecular weight excluding hydrogens is 188 g/mol. The molecule has 3 aliphatic rings. The first-order valence-electron chi connectivity index (χ1n) is 6.07. The summed E-state index contributed by atoms with van der Waals surface area (Å²) in [4.78, 5) is 11.7. The summed E-state index contributed by atoms with van der Waals surface area (Å²) < 4.78 is 5.73. The molecule has 5 unspecified atom stereocenters. The van der Waals surface area contributed by atoms with Crippen LogP contribution in [0, 0.1) is 29.1 Å². The molecule has 84 valence electrons. The summed E-state index contributed by atoms with van der Waals surface area (Å²) in [5.74, 6) is 2.10. The fourth-order valence-electron chi connectivity index (χ4n) is 4.94. The Labute approximate surface area is 91.4 Å². The normalized spacial score (nSPS) is 52.4. The van der Waals surface area contributed by atoms with Crippen LogP contribution in [0.5, 0.6) is 0 Å². The van der Waals surface area contributed by atoms with E-state index in [0.717, 1.165) is 12.3 Å². The highest BCUT2D eigenvalue weighted by molar-refractivity contribution is 5.77. The molecule has 0 spiro atoms. The highest BCUT2D eigenvalue weighted by Gasteiger charge is 2.70. The van der Waals surface area contributed by atoms with Gasteiger partial charge in [-0.25, -0.2) is 0 Å². The molecule has 0 radical (unpaired) electrons. The predicted octanol–water partition coefficient (Wildman–Crippen LogP) is 2.62. The van der Waals surface area contributed by atoms with Crippen LogP contribution in [0.15, 0.2) is 0 Å². The Hall–Kier alpha value is -0.530. The van der Waals surface area contributed by atoms with E-state index in [9.17, 15) is 4.79 Å². The summed E-state index contributed by atoms with van der Waals surface area (Å²) in [6.07, 6.45) is 2.30. The van der Waals surface area contributed by atoms with Gasteiger partial charge in [0.2, 0.25) is 0 Å². The number of carbonyl (C=O) groups is 1. The van der Waals surface area contributed by atoms with Crippen molar-refractivity contribution in [3.8, 4) is 0 Å². The molecule has 2 aliphatic carbocycles. The number of esters is 1. The second kappa shape index (κ2) is 2.41. The quantitative estimate of drug-likeness (QED) is 0.572. The fraction of sp³-hybridized carbons (Fsp3) is 0.923. The Morgan fingerprint density at radius 1 is 1.33 bits per heavy atom. The Morgan fingerprint density at radius 2 is 2.00 bits per heavy atom. The van der Waals surface area contributed by atoms with E-state index < -0.39 is 0 Å². The third kappa shape index (κ3) is 0.982. The third-order valence-corrected chi connectivity index (χ3v) is 4.98. The SMILES string of the molecule is CC(C)(C)C1C2CC3C(=O)OC1(C)C3C2. The maximum absolute atomic E-state index is 11.7. The smallest absolute Gasteiger partial charge is 0.309 e. The fourth-order valence-corrected chi connectivity index (χ4v) is 4.94. The maximum atomic E-state index is 11.7. The number of hydrogen-bond donors (Lipinski definition) is 0. The van der Waals surface area contributed by atoms with Gasteiger partial charge in [-0.1, -0.05) is 20.8 Å².